The van der Waals surface area contributed by atoms with Crippen molar-refractivity contribution >= 4 is 16.8 Å². The van der Waals surface area contributed by atoms with Gasteiger partial charge in [-0.2, -0.15) is 5.10 Å². The number of fused-ring (bicyclic) bond motifs is 3. The molecule has 0 saturated carbocycles. The number of nitrogens with one attached hydrogen (secondary N) is 1. The lowest BCUT2D eigenvalue weighted by Gasteiger charge is -2.40. The Morgan fingerprint density at radius 3 is 3.07 bits per heavy atom. The molecule has 6 heteroatoms. The highest BCUT2D eigenvalue weighted by atomic mass is 19.1. The topological polar surface area (TPSA) is 61.9 Å². The molecular weight excluding hydrogens is 343 g/mol. The Balaban J connectivity index is 1.53. The number of H-pyrrole nitrogens is 1. The van der Waals surface area contributed by atoms with Crippen LogP contribution in [0.3, 0.4) is 0 Å². The van der Waals surface area contributed by atoms with Gasteiger partial charge in [0, 0.05) is 35.3 Å². The molecular formula is C21H21FN4O. The molecule has 0 bridgehead atoms. The van der Waals surface area contributed by atoms with E-state index >= 15 is 0 Å². The second kappa shape index (κ2) is 5.87. The quantitative estimate of drug-likeness (QED) is 0.719. The van der Waals surface area contributed by atoms with E-state index in [1.54, 1.807) is 12.1 Å². The first kappa shape index (κ1) is 16.4. The highest BCUT2D eigenvalue weighted by Gasteiger charge is 2.44. The largest absolute Gasteiger partial charge is 0.338 e. The molecule has 2 aliphatic rings. The van der Waals surface area contributed by atoms with Gasteiger partial charge in [0.15, 0.2) is 0 Å². The van der Waals surface area contributed by atoms with Gasteiger partial charge in [-0.25, -0.2) is 4.39 Å². The third kappa shape index (κ3) is 2.54. The average Bonchev–Trinajstić information content (AvgIpc) is 3.26. The van der Waals surface area contributed by atoms with Crippen LogP contribution in [0.15, 0.2) is 30.5 Å². The van der Waals surface area contributed by atoms with Gasteiger partial charge in [0.2, 0.25) is 0 Å². The fourth-order valence-corrected chi connectivity index (χ4v) is 4.85. The maximum atomic E-state index is 13.8. The maximum absolute atomic E-state index is 13.8. The Hall–Kier alpha value is -2.76. The van der Waals surface area contributed by atoms with E-state index < -0.39 is 0 Å². The first-order valence-electron chi connectivity index (χ1n) is 9.45. The molecule has 5 nitrogen and oxygen atoms in total. The van der Waals surface area contributed by atoms with Crippen molar-refractivity contribution in [1.82, 2.24) is 20.1 Å². The number of piperidine rings is 1. The Bertz CT molecular complexity index is 1060. The number of rotatable bonds is 1. The SMILES string of the molecule is Cc1cc(C(=O)N2CCCC3(CCc4cn[nH]c43)C2)c2cc(F)ccc2n1. The zero-order chi connectivity index (χ0) is 18.6. The molecule has 1 saturated heterocycles. The standard InChI is InChI=1S/C21H21FN4O/c1-13-9-17(16-10-15(22)3-4-18(16)24-13)20(27)26-8-2-6-21(12-26)7-5-14-11-23-25-19(14)21/h3-4,9-11H,2,5-8,12H2,1H3,(H,23,25). The normalized spacial score (nSPS) is 21.8. The number of halogens is 1. The second-order valence-electron chi connectivity index (χ2n) is 7.85. The predicted molar refractivity (Wildman–Crippen MR) is 100 cm³/mol. The molecule has 1 amide bonds. The number of pyridine rings is 1. The summed E-state index contributed by atoms with van der Waals surface area (Å²) in [5.41, 5.74) is 4.41. The summed E-state index contributed by atoms with van der Waals surface area (Å²) in [6.45, 7) is 3.27. The lowest BCUT2D eigenvalue weighted by atomic mass is 9.77. The summed E-state index contributed by atoms with van der Waals surface area (Å²) in [5.74, 6) is -0.390. The van der Waals surface area contributed by atoms with Crippen molar-refractivity contribution < 1.29 is 9.18 Å². The van der Waals surface area contributed by atoms with E-state index in [9.17, 15) is 9.18 Å². The second-order valence-corrected chi connectivity index (χ2v) is 7.85. The van der Waals surface area contributed by atoms with Gasteiger partial charge in [-0.1, -0.05) is 0 Å². The zero-order valence-electron chi connectivity index (χ0n) is 15.3. The van der Waals surface area contributed by atoms with Crippen LogP contribution in [0.4, 0.5) is 4.39 Å². The van der Waals surface area contributed by atoms with E-state index in [4.69, 9.17) is 0 Å². The zero-order valence-corrected chi connectivity index (χ0v) is 15.3. The fourth-order valence-electron chi connectivity index (χ4n) is 4.85. The van der Waals surface area contributed by atoms with Crippen LogP contribution in [0.2, 0.25) is 0 Å². The molecule has 27 heavy (non-hydrogen) atoms. The van der Waals surface area contributed by atoms with Gasteiger partial charge in [0.25, 0.3) is 5.91 Å². The first-order chi connectivity index (χ1) is 13.1. The van der Waals surface area contributed by atoms with Crippen molar-refractivity contribution in [3.8, 4) is 0 Å². The number of hydrogen-bond acceptors (Lipinski definition) is 3. The summed E-state index contributed by atoms with van der Waals surface area (Å²) >= 11 is 0. The summed E-state index contributed by atoms with van der Waals surface area (Å²) in [6.07, 6.45) is 5.99. The lowest BCUT2D eigenvalue weighted by Crippen LogP contribution is -2.47. The van der Waals surface area contributed by atoms with E-state index in [2.05, 4.69) is 15.2 Å². The number of carbonyl (C=O) groups excluding carboxylic acids is 1. The van der Waals surface area contributed by atoms with E-state index in [1.807, 2.05) is 18.0 Å². The molecule has 2 aromatic heterocycles. The van der Waals surface area contributed by atoms with E-state index in [0.717, 1.165) is 37.9 Å². The Morgan fingerprint density at radius 1 is 1.30 bits per heavy atom. The van der Waals surface area contributed by atoms with Crippen LogP contribution >= 0.6 is 0 Å². The molecule has 3 aromatic rings. The van der Waals surface area contributed by atoms with Crippen LogP contribution in [0.1, 0.15) is 46.6 Å². The predicted octanol–water partition coefficient (Wildman–Crippen LogP) is 3.53. The minimum absolute atomic E-state index is 0.0249. The van der Waals surface area contributed by atoms with E-state index in [0.29, 0.717) is 23.0 Å². The summed E-state index contributed by atoms with van der Waals surface area (Å²) in [4.78, 5) is 19.8. The van der Waals surface area contributed by atoms with Crippen LogP contribution in [-0.2, 0) is 11.8 Å². The summed E-state index contributed by atoms with van der Waals surface area (Å²) in [5, 5.41) is 7.96. The molecule has 1 aliphatic carbocycles. The Kier molecular flexibility index (Phi) is 3.57. The molecule has 1 fully saturated rings. The van der Waals surface area contributed by atoms with Gasteiger partial charge in [-0.3, -0.25) is 14.9 Å². The van der Waals surface area contributed by atoms with Crippen molar-refractivity contribution in [2.75, 3.05) is 13.1 Å². The lowest BCUT2D eigenvalue weighted by molar-refractivity contribution is 0.0634. The molecule has 5 rings (SSSR count). The number of amides is 1. The summed E-state index contributed by atoms with van der Waals surface area (Å²) in [7, 11) is 0. The maximum Gasteiger partial charge on any atom is 0.254 e. The highest BCUT2D eigenvalue weighted by molar-refractivity contribution is 6.06. The van der Waals surface area contributed by atoms with Gasteiger partial charge in [0.1, 0.15) is 5.82 Å². The number of likely N-dealkylation sites (tertiary alicyclic amines) is 1. The molecule has 1 spiro atoms. The number of aromatic amines is 1. The van der Waals surface area contributed by atoms with Crippen molar-refractivity contribution in [3.63, 3.8) is 0 Å². The van der Waals surface area contributed by atoms with Crippen molar-refractivity contribution in [2.24, 2.45) is 0 Å². The number of aromatic nitrogens is 3. The van der Waals surface area contributed by atoms with Gasteiger partial charge < -0.3 is 4.90 Å². The molecule has 1 N–H and O–H groups in total. The summed E-state index contributed by atoms with van der Waals surface area (Å²) in [6, 6.07) is 6.22. The molecule has 138 valence electrons. The molecule has 1 aliphatic heterocycles. The molecule has 1 atom stereocenters. The van der Waals surface area contributed by atoms with Crippen molar-refractivity contribution in [2.45, 2.75) is 38.0 Å². The number of hydrogen-bond donors (Lipinski definition) is 1. The fraction of sp³-hybridized carbons (Fsp3) is 0.381. The van der Waals surface area contributed by atoms with E-state index in [-0.39, 0.29) is 17.1 Å². The van der Waals surface area contributed by atoms with Gasteiger partial charge in [0.05, 0.1) is 17.3 Å². The molecule has 0 radical (unpaired) electrons. The van der Waals surface area contributed by atoms with Crippen LogP contribution in [0, 0.1) is 12.7 Å². The summed E-state index contributed by atoms with van der Waals surface area (Å²) < 4.78 is 13.8. The Labute approximate surface area is 156 Å². The minimum atomic E-state index is -0.352. The number of carbonyl (C=O) groups is 1. The average molecular weight is 364 g/mol. The van der Waals surface area contributed by atoms with Gasteiger partial charge >= 0.3 is 0 Å². The first-order valence-corrected chi connectivity index (χ1v) is 9.45. The molecule has 1 unspecified atom stereocenters. The number of aryl methyl sites for hydroxylation is 2. The van der Waals surface area contributed by atoms with Gasteiger partial charge in [-0.15, -0.1) is 0 Å². The smallest absolute Gasteiger partial charge is 0.254 e. The van der Waals surface area contributed by atoms with Gasteiger partial charge in [-0.05, 0) is 62.4 Å². The van der Waals surface area contributed by atoms with Crippen LogP contribution < -0.4 is 0 Å². The number of nitrogens with zero attached hydrogens (tertiary/aromatic N) is 3. The minimum Gasteiger partial charge on any atom is -0.338 e. The Morgan fingerprint density at radius 2 is 2.19 bits per heavy atom. The molecule has 1 aromatic carbocycles. The van der Waals surface area contributed by atoms with Crippen LogP contribution in [0.25, 0.3) is 10.9 Å². The van der Waals surface area contributed by atoms with E-state index in [1.165, 1.54) is 23.4 Å². The number of benzene rings is 1. The van der Waals surface area contributed by atoms with Crippen molar-refractivity contribution in [1.29, 1.82) is 0 Å². The van der Waals surface area contributed by atoms with Crippen LogP contribution in [0.5, 0.6) is 0 Å². The highest BCUT2D eigenvalue weighted by Crippen LogP contribution is 2.44. The molecule has 3 heterocycles. The van der Waals surface area contributed by atoms with Crippen LogP contribution in [-0.4, -0.2) is 39.1 Å². The third-order valence-electron chi connectivity index (χ3n) is 6.11. The van der Waals surface area contributed by atoms with Crippen molar-refractivity contribution in [3.05, 3.63) is 58.8 Å². The monoisotopic (exact) mass is 364 g/mol. The third-order valence-corrected chi connectivity index (χ3v) is 6.11.